The number of carbonyl (C=O) groups excluding carboxylic acids is 2. The molecule has 7 heteroatoms. The number of likely N-dealkylation sites (tertiary alicyclic amines) is 1. The minimum absolute atomic E-state index is 0.0270. The van der Waals surface area contributed by atoms with E-state index in [1.807, 2.05) is 35.2 Å². The van der Waals surface area contributed by atoms with Gasteiger partial charge < -0.3 is 15.1 Å². The van der Waals surface area contributed by atoms with Gasteiger partial charge in [-0.2, -0.15) is 0 Å². The van der Waals surface area contributed by atoms with Crippen molar-refractivity contribution in [2.24, 2.45) is 5.92 Å². The number of benzene rings is 1. The summed E-state index contributed by atoms with van der Waals surface area (Å²) < 4.78 is 0. The van der Waals surface area contributed by atoms with Crippen molar-refractivity contribution >= 4 is 34.9 Å². The summed E-state index contributed by atoms with van der Waals surface area (Å²) in [7, 11) is 0. The number of nitrogens with zero attached hydrogens (tertiary/aromatic N) is 3. The average Bonchev–Trinajstić information content (AvgIpc) is 3.04. The first-order chi connectivity index (χ1) is 14.1. The third kappa shape index (κ3) is 3.46. The summed E-state index contributed by atoms with van der Waals surface area (Å²) in [5, 5.41) is 3.72. The molecule has 3 aliphatic rings. The molecule has 5 rings (SSSR count). The minimum atomic E-state index is -0.0455. The quantitative estimate of drug-likeness (QED) is 0.837. The van der Waals surface area contributed by atoms with Crippen molar-refractivity contribution in [1.82, 2.24) is 9.88 Å². The zero-order chi connectivity index (χ0) is 20.0. The lowest BCUT2D eigenvalue weighted by molar-refractivity contribution is -0.117. The molecule has 0 spiro atoms. The molecule has 29 heavy (non-hydrogen) atoms. The largest absolute Gasteiger partial charge is 0.359 e. The zero-order valence-corrected chi connectivity index (χ0v) is 16.9. The van der Waals surface area contributed by atoms with E-state index in [-0.39, 0.29) is 18.4 Å². The monoisotopic (exact) mass is 410 g/mol. The highest BCUT2D eigenvalue weighted by Crippen LogP contribution is 2.37. The predicted molar refractivity (Wildman–Crippen MR) is 112 cm³/mol. The molecule has 1 aromatic carbocycles. The van der Waals surface area contributed by atoms with Crippen LogP contribution in [0.25, 0.3) is 0 Å². The van der Waals surface area contributed by atoms with Crippen molar-refractivity contribution < 1.29 is 9.59 Å². The van der Waals surface area contributed by atoms with Crippen LogP contribution in [0.3, 0.4) is 0 Å². The van der Waals surface area contributed by atoms with Gasteiger partial charge in [-0.05, 0) is 48.9 Å². The summed E-state index contributed by atoms with van der Waals surface area (Å²) in [6.07, 6.45) is 6.26. The van der Waals surface area contributed by atoms with E-state index in [0.29, 0.717) is 40.6 Å². The number of carbonyl (C=O) groups is 2. The van der Waals surface area contributed by atoms with Crippen LogP contribution in [-0.4, -0.2) is 40.8 Å². The first kappa shape index (κ1) is 18.4. The van der Waals surface area contributed by atoms with Gasteiger partial charge in [0.15, 0.2) is 5.82 Å². The molecule has 6 nitrogen and oxygen atoms in total. The summed E-state index contributed by atoms with van der Waals surface area (Å²) >= 11 is 5.98. The molecule has 0 unspecified atom stereocenters. The average molecular weight is 411 g/mol. The van der Waals surface area contributed by atoms with Crippen molar-refractivity contribution in [3.8, 4) is 0 Å². The van der Waals surface area contributed by atoms with E-state index in [0.717, 1.165) is 24.9 Å². The topological polar surface area (TPSA) is 65.5 Å². The van der Waals surface area contributed by atoms with Crippen LogP contribution in [0.4, 0.5) is 11.5 Å². The van der Waals surface area contributed by atoms with Crippen molar-refractivity contribution in [2.75, 3.05) is 23.3 Å². The number of pyridine rings is 1. The van der Waals surface area contributed by atoms with Gasteiger partial charge in [0.1, 0.15) is 0 Å². The van der Waals surface area contributed by atoms with E-state index in [4.69, 9.17) is 11.6 Å². The fraction of sp³-hybridized carbons (Fsp3) is 0.409. The number of fused-ring (bicyclic) bond motifs is 3. The highest BCUT2D eigenvalue weighted by Gasteiger charge is 2.38. The van der Waals surface area contributed by atoms with Crippen molar-refractivity contribution in [3.63, 3.8) is 0 Å². The molecule has 3 heterocycles. The summed E-state index contributed by atoms with van der Waals surface area (Å²) in [4.78, 5) is 34.0. The fourth-order valence-corrected chi connectivity index (χ4v) is 4.93. The van der Waals surface area contributed by atoms with Gasteiger partial charge in [0.05, 0.1) is 24.3 Å². The van der Waals surface area contributed by atoms with E-state index in [1.54, 1.807) is 11.1 Å². The third-order valence-electron chi connectivity index (χ3n) is 6.28. The Balaban J connectivity index is 1.44. The van der Waals surface area contributed by atoms with E-state index in [9.17, 15) is 9.59 Å². The molecule has 2 fully saturated rings. The highest BCUT2D eigenvalue weighted by molar-refractivity contribution is 6.30. The fourth-order valence-electron chi connectivity index (χ4n) is 4.80. The molecule has 1 aromatic heterocycles. The lowest BCUT2D eigenvalue weighted by Crippen LogP contribution is -2.40. The summed E-state index contributed by atoms with van der Waals surface area (Å²) in [6, 6.07) is 9.60. The second-order valence-corrected chi connectivity index (χ2v) is 8.63. The van der Waals surface area contributed by atoms with Crippen LogP contribution < -0.4 is 10.2 Å². The van der Waals surface area contributed by atoms with Gasteiger partial charge in [-0.1, -0.05) is 30.2 Å². The number of amides is 2. The van der Waals surface area contributed by atoms with E-state index < -0.39 is 0 Å². The molecule has 1 aliphatic carbocycles. The van der Waals surface area contributed by atoms with Gasteiger partial charge >= 0.3 is 0 Å². The molecule has 1 saturated heterocycles. The molecule has 2 aliphatic heterocycles. The SMILES string of the molecule is O=C1CNc2ncc(C(=O)N3C[C@@H]4CCC[C@H]3C4)cc2N1Cc1ccc(Cl)cc1. The Morgan fingerprint density at radius 1 is 1.24 bits per heavy atom. The van der Waals surface area contributed by atoms with Gasteiger partial charge in [-0.3, -0.25) is 9.59 Å². The maximum absolute atomic E-state index is 13.2. The van der Waals surface area contributed by atoms with Crippen molar-refractivity contribution in [3.05, 3.63) is 52.7 Å². The number of halogens is 1. The standard InChI is InChI=1S/C22H23ClN4O2/c23-17-6-4-14(5-7-17)12-27-19-9-16(10-24-21(19)25-11-20(27)28)22(29)26-13-15-2-1-3-18(26)8-15/h4-7,9-10,15,18H,1-3,8,11-13H2,(H,24,25)/t15-,18+/m1/s1. The van der Waals surface area contributed by atoms with Gasteiger partial charge in [0.25, 0.3) is 5.91 Å². The maximum atomic E-state index is 13.2. The molecule has 1 saturated carbocycles. The van der Waals surface area contributed by atoms with E-state index >= 15 is 0 Å². The van der Waals surface area contributed by atoms with Crippen LogP contribution in [-0.2, 0) is 11.3 Å². The smallest absolute Gasteiger partial charge is 0.255 e. The summed E-state index contributed by atoms with van der Waals surface area (Å²) in [5.74, 6) is 1.25. The Hall–Kier alpha value is -2.60. The van der Waals surface area contributed by atoms with Crippen LogP contribution >= 0.6 is 11.6 Å². The second kappa shape index (κ2) is 7.34. The number of anilines is 2. The predicted octanol–water partition coefficient (Wildman–Crippen LogP) is 3.71. The van der Waals surface area contributed by atoms with Crippen LogP contribution in [0.1, 0.15) is 41.6 Å². The van der Waals surface area contributed by atoms with E-state index in [1.165, 1.54) is 12.8 Å². The zero-order valence-electron chi connectivity index (χ0n) is 16.1. The normalized spacial score (nSPS) is 23.0. The number of nitrogens with one attached hydrogen (secondary N) is 1. The first-order valence-electron chi connectivity index (χ1n) is 10.2. The van der Waals surface area contributed by atoms with Gasteiger partial charge in [-0.25, -0.2) is 4.98 Å². The Bertz CT molecular complexity index is 962. The Morgan fingerprint density at radius 3 is 2.86 bits per heavy atom. The van der Waals surface area contributed by atoms with Crippen molar-refractivity contribution in [2.45, 2.75) is 38.3 Å². The summed E-state index contributed by atoms with van der Waals surface area (Å²) in [5.41, 5.74) is 2.18. The van der Waals surface area contributed by atoms with Gasteiger partial charge in [0, 0.05) is 23.8 Å². The molecule has 2 bridgehead atoms. The van der Waals surface area contributed by atoms with Crippen molar-refractivity contribution in [1.29, 1.82) is 0 Å². The lowest BCUT2D eigenvalue weighted by atomic mass is 9.90. The maximum Gasteiger partial charge on any atom is 0.255 e. The molecule has 1 N–H and O–H groups in total. The lowest BCUT2D eigenvalue weighted by Gasteiger charge is -2.30. The molecule has 2 amide bonds. The second-order valence-electron chi connectivity index (χ2n) is 8.20. The molecule has 2 atom stereocenters. The molecular weight excluding hydrogens is 388 g/mol. The number of aromatic nitrogens is 1. The molecule has 150 valence electrons. The Labute approximate surface area is 174 Å². The first-order valence-corrected chi connectivity index (χ1v) is 10.6. The molecule has 0 radical (unpaired) electrons. The van der Waals surface area contributed by atoms with Gasteiger partial charge in [0.2, 0.25) is 5.91 Å². The van der Waals surface area contributed by atoms with Crippen LogP contribution in [0, 0.1) is 5.92 Å². The minimum Gasteiger partial charge on any atom is -0.359 e. The van der Waals surface area contributed by atoms with Crippen LogP contribution in [0.15, 0.2) is 36.5 Å². The number of rotatable bonds is 3. The molecular formula is C22H23ClN4O2. The Kier molecular flexibility index (Phi) is 4.66. The van der Waals surface area contributed by atoms with Gasteiger partial charge in [-0.15, -0.1) is 0 Å². The number of hydrogen-bond donors (Lipinski definition) is 1. The highest BCUT2D eigenvalue weighted by atomic mass is 35.5. The summed E-state index contributed by atoms with van der Waals surface area (Å²) in [6.45, 7) is 1.45. The van der Waals surface area contributed by atoms with Crippen LogP contribution in [0.5, 0.6) is 0 Å². The molecule has 2 aromatic rings. The Morgan fingerprint density at radius 2 is 2.07 bits per heavy atom. The number of hydrogen-bond acceptors (Lipinski definition) is 4. The van der Waals surface area contributed by atoms with Crippen LogP contribution in [0.2, 0.25) is 5.02 Å². The van der Waals surface area contributed by atoms with E-state index in [2.05, 4.69) is 10.3 Å². The third-order valence-corrected chi connectivity index (χ3v) is 6.53.